The molecule has 0 aliphatic heterocycles. The third-order valence-electron chi connectivity index (χ3n) is 3.66. The zero-order valence-electron chi connectivity index (χ0n) is 8.79. The van der Waals surface area contributed by atoms with Crippen molar-refractivity contribution in [3.05, 3.63) is 0 Å². The average Bonchev–Trinajstić information content (AvgIpc) is 2.76. The van der Waals surface area contributed by atoms with Crippen molar-refractivity contribution < 1.29 is 9.63 Å². The Bertz CT molecular complexity index is 217. The number of fused-ring (bicyclic) bond motifs is 2. The van der Waals surface area contributed by atoms with Gasteiger partial charge < -0.3 is 0 Å². The first kappa shape index (κ1) is 9.97. The molecule has 2 bridgehead atoms. The molecule has 2 aliphatic rings. The summed E-state index contributed by atoms with van der Waals surface area (Å²) in [6.45, 7) is 2.42. The lowest BCUT2D eigenvalue weighted by Crippen LogP contribution is -2.27. The van der Waals surface area contributed by atoms with Crippen molar-refractivity contribution in [2.75, 3.05) is 6.61 Å². The Labute approximate surface area is 85.2 Å². The molecule has 0 aromatic rings. The molecule has 0 heterocycles. The van der Waals surface area contributed by atoms with Crippen molar-refractivity contribution in [2.45, 2.75) is 39.0 Å². The summed E-state index contributed by atoms with van der Waals surface area (Å²) >= 11 is 0. The van der Waals surface area contributed by atoms with E-state index in [4.69, 9.17) is 4.84 Å². The summed E-state index contributed by atoms with van der Waals surface area (Å²) in [7, 11) is 0. The van der Waals surface area contributed by atoms with Crippen LogP contribution in [0.3, 0.4) is 0 Å². The lowest BCUT2D eigenvalue weighted by atomic mass is 9.86. The number of rotatable bonds is 4. The summed E-state index contributed by atoms with van der Waals surface area (Å²) in [6, 6.07) is 0. The standard InChI is InChI=1S/C11H19NO2/c1-2-14-12-11(13)7-10-6-8-3-4-9(10)5-8/h8-10H,2-7H2,1H3,(H,12,13)/t8-,9+,10+/m0/s1. The van der Waals surface area contributed by atoms with E-state index in [1.807, 2.05) is 6.92 Å². The normalized spacial score (nSPS) is 34.8. The number of amides is 1. The highest BCUT2D eigenvalue weighted by Crippen LogP contribution is 2.49. The van der Waals surface area contributed by atoms with Crippen molar-refractivity contribution >= 4 is 5.91 Å². The van der Waals surface area contributed by atoms with E-state index >= 15 is 0 Å². The van der Waals surface area contributed by atoms with Crippen LogP contribution in [-0.2, 0) is 9.63 Å². The van der Waals surface area contributed by atoms with Crippen molar-refractivity contribution in [3.8, 4) is 0 Å². The summed E-state index contributed by atoms with van der Waals surface area (Å²) < 4.78 is 0. The van der Waals surface area contributed by atoms with E-state index in [1.54, 1.807) is 0 Å². The van der Waals surface area contributed by atoms with Crippen LogP contribution in [0.4, 0.5) is 0 Å². The minimum atomic E-state index is 0.0596. The minimum absolute atomic E-state index is 0.0596. The smallest absolute Gasteiger partial charge is 0.243 e. The predicted molar refractivity (Wildman–Crippen MR) is 53.3 cm³/mol. The van der Waals surface area contributed by atoms with Gasteiger partial charge in [0.2, 0.25) is 5.91 Å². The van der Waals surface area contributed by atoms with Crippen molar-refractivity contribution in [1.82, 2.24) is 5.48 Å². The van der Waals surface area contributed by atoms with E-state index in [-0.39, 0.29) is 5.91 Å². The van der Waals surface area contributed by atoms with Gasteiger partial charge in [-0.15, -0.1) is 0 Å². The molecular formula is C11H19NO2. The highest BCUT2D eigenvalue weighted by molar-refractivity contribution is 5.75. The van der Waals surface area contributed by atoms with Crippen LogP contribution in [0.15, 0.2) is 0 Å². The predicted octanol–water partition coefficient (Wildman–Crippen LogP) is 1.88. The van der Waals surface area contributed by atoms with Crippen LogP contribution in [0.1, 0.15) is 39.0 Å². The minimum Gasteiger partial charge on any atom is -0.274 e. The largest absolute Gasteiger partial charge is 0.274 e. The number of hydrogen-bond acceptors (Lipinski definition) is 2. The third-order valence-corrected chi connectivity index (χ3v) is 3.66. The van der Waals surface area contributed by atoms with Crippen molar-refractivity contribution in [3.63, 3.8) is 0 Å². The van der Waals surface area contributed by atoms with Gasteiger partial charge in [-0.1, -0.05) is 6.42 Å². The number of carbonyl (C=O) groups is 1. The fraction of sp³-hybridized carbons (Fsp3) is 0.909. The second-order valence-electron chi connectivity index (χ2n) is 4.60. The quantitative estimate of drug-likeness (QED) is 0.699. The molecule has 2 rings (SSSR count). The Morgan fingerprint density at radius 1 is 1.43 bits per heavy atom. The highest BCUT2D eigenvalue weighted by Gasteiger charge is 2.40. The van der Waals surface area contributed by atoms with Crippen LogP contribution >= 0.6 is 0 Å². The topological polar surface area (TPSA) is 38.3 Å². The first-order valence-electron chi connectivity index (χ1n) is 5.70. The van der Waals surface area contributed by atoms with Gasteiger partial charge in [-0.2, -0.15) is 0 Å². The number of nitrogens with one attached hydrogen (secondary N) is 1. The zero-order valence-corrected chi connectivity index (χ0v) is 8.79. The van der Waals surface area contributed by atoms with E-state index in [9.17, 15) is 4.79 Å². The van der Waals surface area contributed by atoms with Gasteiger partial charge in [0.1, 0.15) is 0 Å². The van der Waals surface area contributed by atoms with Crippen LogP contribution in [-0.4, -0.2) is 12.5 Å². The van der Waals surface area contributed by atoms with Gasteiger partial charge in [0, 0.05) is 6.42 Å². The van der Waals surface area contributed by atoms with Gasteiger partial charge in [0.25, 0.3) is 0 Å². The van der Waals surface area contributed by atoms with E-state index in [0.717, 1.165) is 11.8 Å². The summed E-state index contributed by atoms with van der Waals surface area (Å²) in [5.74, 6) is 2.44. The molecule has 0 unspecified atom stereocenters. The number of hydroxylamine groups is 1. The molecule has 80 valence electrons. The van der Waals surface area contributed by atoms with Gasteiger partial charge in [0.05, 0.1) is 6.61 Å². The molecule has 3 heteroatoms. The molecule has 0 radical (unpaired) electrons. The molecule has 0 spiro atoms. The molecule has 0 aromatic carbocycles. The Morgan fingerprint density at radius 3 is 2.86 bits per heavy atom. The lowest BCUT2D eigenvalue weighted by Gasteiger charge is -2.20. The van der Waals surface area contributed by atoms with Crippen molar-refractivity contribution in [2.24, 2.45) is 17.8 Å². The first-order chi connectivity index (χ1) is 6.79. The zero-order chi connectivity index (χ0) is 9.97. The van der Waals surface area contributed by atoms with Gasteiger partial charge in [-0.3, -0.25) is 9.63 Å². The molecule has 1 N–H and O–H groups in total. The van der Waals surface area contributed by atoms with E-state index < -0.39 is 0 Å². The fourth-order valence-corrected chi connectivity index (χ4v) is 3.06. The Kier molecular flexibility index (Phi) is 3.06. The number of carbonyl (C=O) groups excluding carboxylic acids is 1. The summed E-state index contributed by atoms with van der Waals surface area (Å²) in [4.78, 5) is 16.3. The van der Waals surface area contributed by atoms with E-state index in [0.29, 0.717) is 18.9 Å². The third kappa shape index (κ3) is 2.08. The highest BCUT2D eigenvalue weighted by atomic mass is 16.6. The molecule has 2 aliphatic carbocycles. The SMILES string of the molecule is CCONC(=O)C[C@H]1C[C@H]2CC[C@@H]1C2. The number of hydrogen-bond donors (Lipinski definition) is 1. The van der Waals surface area contributed by atoms with Gasteiger partial charge in [0.15, 0.2) is 0 Å². The first-order valence-corrected chi connectivity index (χ1v) is 5.70. The van der Waals surface area contributed by atoms with Crippen LogP contribution in [0, 0.1) is 17.8 Å². The van der Waals surface area contributed by atoms with Crippen LogP contribution in [0.5, 0.6) is 0 Å². The molecule has 3 atom stereocenters. The van der Waals surface area contributed by atoms with Gasteiger partial charge in [-0.05, 0) is 43.9 Å². The Hall–Kier alpha value is -0.570. The molecule has 1 amide bonds. The van der Waals surface area contributed by atoms with Gasteiger partial charge in [-0.25, -0.2) is 5.48 Å². The maximum absolute atomic E-state index is 11.4. The maximum Gasteiger partial charge on any atom is 0.243 e. The second kappa shape index (κ2) is 4.30. The molecule has 2 saturated carbocycles. The Balaban J connectivity index is 1.73. The molecular weight excluding hydrogens is 178 g/mol. The summed E-state index contributed by atoms with van der Waals surface area (Å²) in [5.41, 5.74) is 2.48. The molecule has 3 nitrogen and oxygen atoms in total. The average molecular weight is 197 g/mol. The maximum atomic E-state index is 11.4. The fourth-order valence-electron chi connectivity index (χ4n) is 3.06. The summed E-state index contributed by atoms with van der Waals surface area (Å²) in [6.07, 6.45) is 6.05. The second-order valence-corrected chi connectivity index (χ2v) is 4.60. The molecule has 2 fully saturated rings. The lowest BCUT2D eigenvalue weighted by molar-refractivity contribution is -0.134. The van der Waals surface area contributed by atoms with E-state index in [2.05, 4.69) is 5.48 Å². The Morgan fingerprint density at radius 2 is 2.29 bits per heavy atom. The molecule has 0 aromatic heterocycles. The molecule has 0 saturated heterocycles. The van der Waals surface area contributed by atoms with E-state index in [1.165, 1.54) is 25.7 Å². The molecule has 14 heavy (non-hydrogen) atoms. The van der Waals surface area contributed by atoms with Crippen LogP contribution in [0.25, 0.3) is 0 Å². The van der Waals surface area contributed by atoms with Crippen LogP contribution in [0.2, 0.25) is 0 Å². The van der Waals surface area contributed by atoms with Crippen molar-refractivity contribution in [1.29, 1.82) is 0 Å². The van der Waals surface area contributed by atoms with Gasteiger partial charge >= 0.3 is 0 Å². The monoisotopic (exact) mass is 197 g/mol. The van der Waals surface area contributed by atoms with Crippen LogP contribution < -0.4 is 5.48 Å². The summed E-state index contributed by atoms with van der Waals surface area (Å²) in [5, 5.41) is 0.